The Bertz CT molecular complexity index is 206. The molecule has 2 fully saturated rings. The zero-order valence-corrected chi connectivity index (χ0v) is 10.0. The summed E-state index contributed by atoms with van der Waals surface area (Å²) in [6.45, 7) is 8.60. The Morgan fingerprint density at radius 3 is 2.67 bits per heavy atom. The van der Waals surface area contributed by atoms with E-state index in [2.05, 4.69) is 18.7 Å². The van der Waals surface area contributed by atoms with Crippen molar-refractivity contribution in [2.75, 3.05) is 26.2 Å². The van der Waals surface area contributed by atoms with Gasteiger partial charge in [0.05, 0.1) is 12.7 Å². The number of nitrogens with zero attached hydrogens (tertiary/aromatic N) is 1. The molecule has 3 nitrogen and oxygen atoms in total. The van der Waals surface area contributed by atoms with E-state index in [4.69, 9.17) is 10.5 Å². The maximum absolute atomic E-state index is 5.91. The van der Waals surface area contributed by atoms with Crippen LogP contribution in [0.15, 0.2) is 0 Å². The molecule has 88 valence electrons. The van der Waals surface area contributed by atoms with Gasteiger partial charge in [0.2, 0.25) is 0 Å². The summed E-state index contributed by atoms with van der Waals surface area (Å²) in [6, 6.07) is 0.628. The Labute approximate surface area is 93.0 Å². The zero-order valence-electron chi connectivity index (χ0n) is 10.0. The lowest BCUT2D eigenvalue weighted by atomic mass is 9.85. The van der Waals surface area contributed by atoms with Crippen molar-refractivity contribution in [2.24, 2.45) is 11.1 Å². The summed E-state index contributed by atoms with van der Waals surface area (Å²) in [6.07, 6.45) is 4.22. The fourth-order valence-electron chi connectivity index (χ4n) is 2.46. The second-order valence-electron chi connectivity index (χ2n) is 5.81. The highest BCUT2D eigenvalue weighted by molar-refractivity contribution is 4.87. The van der Waals surface area contributed by atoms with Crippen molar-refractivity contribution in [3.63, 3.8) is 0 Å². The minimum atomic E-state index is 0.388. The largest absolute Gasteiger partial charge is 0.376 e. The van der Waals surface area contributed by atoms with E-state index in [1.165, 1.54) is 25.8 Å². The summed E-state index contributed by atoms with van der Waals surface area (Å²) in [4.78, 5) is 2.48. The molecule has 2 rings (SSSR count). The Balaban J connectivity index is 1.73. The molecule has 15 heavy (non-hydrogen) atoms. The molecule has 3 heteroatoms. The molecule has 2 N–H and O–H groups in total. The fraction of sp³-hybridized carbons (Fsp3) is 1.00. The molecule has 0 aromatic carbocycles. The van der Waals surface area contributed by atoms with E-state index in [0.717, 1.165) is 19.7 Å². The SMILES string of the molecule is CC1(C)CCC(CN2CCC2CN)OC1. The maximum Gasteiger partial charge on any atom is 0.0702 e. The molecule has 2 unspecified atom stereocenters. The molecule has 0 bridgehead atoms. The van der Waals surface area contributed by atoms with Gasteiger partial charge in [-0.25, -0.2) is 0 Å². The lowest BCUT2D eigenvalue weighted by molar-refractivity contribution is -0.0755. The van der Waals surface area contributed by atoms with Gasteiger partial charge in [0.15, 0.2) is 0 Å². The van der Waals surface area contributed by atoms with Crippen LogP contribution < -0.4 is 5.73 Å². The van der Waals surface area contributed by atoms with Crippen LogP contribution >= 0.6 is 0 Å². The van der Waals surface area contributed by atoms with Gasteiger partial charge in [-0.3, -0.25) is 4.90 Å². The van der Waals surface area contributed by atoms with Crippen LogP contribution in [0.2, 0.25) is 0 Å². The van der Waals surface area contributed by atoms with Crippen LogP contribution in [0.1, 0.15) is 33.1 Å². The molecule has 0 radical (unpaired) electrons. The minimum Gasteiger partial charge on any atom is -0.376 e. The first-order chi connectivity index (χ1) is 7.11. The van der Waals surface area contributed by atoms with Crippen molar-refractivity contribution in [2.45, 2.75) is 45.3 Å². The molecule has 0 spiro atoms. The van der Waals surface area contributed by atoms with Gasteiger partial charge in [-0.2, -0.15) is 0 Å². The predicted molar refractivity (Wildman–Crippen MR) is 61.8 cm³/mol. The molecule has 2 atom stereocenters. The Morgan fingerprint density at radius 1 is 1.40 bits per heavy atom. The van der Waals surface area contributed by atoms with E-state index < -0.39 is 0 Å². The monoisotopic (exact) mass is 212 g/mol. The van der Waals surface area contributed by atoms with Gasteiger partial charge >= 0.3 is 0 Å². The van der Waals surface area contributed by atoms with E-state index in [1.807, 2.05) is 0 Å². The van der Waals surface area contributed by atoms with Crippen molar-refractivity contribution < 1.29 is 4.74 Å². The van der Waals surface area contributed by atoms with Gasteiger partial charge in [-0.05, 0) is 24.7 Å². The molecule has 2 aliphatic heterocycles. The summed E-state index contributed by atoms with van der Waals surface area (Å²) in [7, 11) is 0. The number of nitrogens with two attached hydrogens (primary N) is 1. The van der Waals surface area contributed by atoms with Gasteiger partial charge < -0.3 is 10.5 Å². The standard InChI is InChI=1S/C12H24N2O/c1-12(2)5-3-11(15-9-12)8-14-6-4-10(14)7-13/h10-11H,3-9,13H2,1-2H3. The van der Waals surface area contributed by atoms with Gasteiger partial charge in [-0.15, -0.1) is 0 Å². The molecular weight excluding hydrogens is 188 g/mol. The highest BCUT2D eigenvalue weighted by Crippen LogP contribution is 2.31. The van der Waals surface area contributed by atoms with Crippen LogP contribution in [0.5, 0.6) is 0 Å². The normalized spacial score (nSPS) is 36.2. The Kier molecular flexibility index (Phi) is 3.33. The fourth-order valence-corrected chi connectivity index (χ4v) is 2.46. The van der Waals surface area contributed by atoms with Crippen LogP contribution in [0.4, 0.5) is 0 Å². The number of hydrogen-bond acceptors (Lipinski definition) is 3. The van der Waals surface area contributed by atoms with Gasteiger partial charge in [0.25, 0.3) is 0 Å². The molecule has 0 amide bonds. The van der Waals surface area contributed by atoms with Crippen LogP contribution in [0.3, 0.4) is 0 Å². The van der Waals surface area contributed by atoms with Crippen molar-refractivity contribution in [3.8, 4) is 0 Å². The molecule has 2 saturated heterocycles. The second-order valence-corrected chi connectivity index (χ2v) is 5.81. The Hall–Kier alpha value is -0.120. The number of likely N-dealkylation sites (tertiary alicyclic amines) is 1. The maximum atomic E-state index is 5.91. The molecule has 2 heterocycles. The number of rotatable bonds is 3. The summed E-state index contributed by atoms with van der Waals surface area (Å²) in [5.41, 5.74) is 6.08. The third-order valence-electron chi connectivity index (χ3n) is 3.83. The lowest BCUT2D eigenvalue weighted by Gasteiger charge is -2.44. The molecule has 0 aliphatic carbocycles. The predicted octanol–water partition coefficient (Wildman–Crippen LogP) is 1.22. The van der Waals surface area contributed by atoms with Crippen molar-refractivity contribution in [3.05, 3.63) is 0 Å². The van der Waals surface area contributed by atoms with Crippen LogP contribution in [0.25, 0.3) is 0 Å². The molecule has 0 aromatic rings. The van der Waals surface area contributed by atoms with Crippen LogP contribution in [0, 0.1) is 5.41 Å². The van der Waals surface area contributed by atoms with E-state index in [1.54, 1.807) is 0 Å². The highest BCUT2D eigenvalue weighted by atomic mass is 16.5. The Morgan fingerprint density at radius 2 is 2.20 bits per heavy atom. The third kappa shape index (κ3) is 2.71. The van der Waals surface area contributed by atoms with E-state index in [-0.39, 0.29) is 0 Å². The van der Waals surface area contributed by atoms with Crippen molar-refractivity contribution >= 4 is 0 Å². The summed E-state index contributed by atoms with van der Waals surface area (Å²) < 4.78 is 5.91. The van der Waals surface area contributed by atoms with Gasteiger partial charge in [0, 0.05) is 25.7 Å². The van der Waals surface area contributed by atoms with E-state index in [0.29, 0.717) is 17.6 Å². The first kappa shape index (κ1) is 11.4. The molecular formula is C12H24N2O. The van der Waals surface area contributed by atoms with Crippen LogP contribution in [-0.2, 0) is 4.74 Å². The molecule has 0 saturated carbocycles. The summed E-state index contributed by atoms with van der Waals surface area (Å²) >= 11 is 0. The highest BCUT2D eigenvalue weighted by Gasteiger charge is 2.32. The quantitative estimate of drug-likeness (QED) is 0.764. The zero-order chi connectivity index (χ0) is 10.9. The van der Waals surface area contributed by atoms with E-state index >= 15 is 0 Å². The van der Waals surface area contributed by atoms with Crippen LogP contribution in [-0.4, -0.2) is 43.3 Å². The third-order valence-corrected chi connectivity index (χ3v) is 3.83. The summed E-state index contributed by atoms with van der Waals surface area (Å²) in [5, 5.41) is 0. The van der Waals surface area contributed by atoms with Crippen molar-refractivity contribution in [1.29, 1.82) is 0 Å². The van der Waals surface area contributed by atoms with Gasteiger partial charge in [-0.1, -0.05) is 13.8 Å². The molecule has 0 aromatic heterocycles. The number of hydrogen-bond donors (Lipinski definition) is 1. The second kappa shape index (κ2) is 4.40. The summed E-state index contributed by atoms with van der Waals surface area (Å²) in [5.74, 6) is 0. The first-order valence-corrected chi connectivity index (χ1v) is 6.16. The topological polar surface area (TPSA) is 38.5 Å². The average Bonchev–Trinajstić information content (AvgIpc) is 2.15. The number of ether oxygens (including phenoxy) is 1. The lowest BCUT2D eigenvalue weighted by Crippen LogP contribution is -2.55. The van der Waals surface area contributed by atoms with E-state index in [9.17, 15) is 0 Å². The first-order valence-electron chi connectivity index (χ1n) is 6.16. The van der Waals surface area contributed by atoms with Gasteiger partial charge in [0.1, 0.15) is 0 Å². The smallest absolute Gasteiger partial charge is 0.0702 e. The average molecular weight is 212 g/mol. The molecule has 2 aliphatic rings. The van der Waals surface area contributed by atoms with Crippen molar-refractivity contribution in [1.82, 2.24) is 4.90 Å². The minimum absolute atomic E-state index is 0.388.